The lowest BCUT2D eigenvalue weighted by Crippen LogP contribution is -2.47. The first kappa shape index (κ1) is 21.6. The number of hydrogen-bond donors (Lipinski definition) is 0. The van der Waals surface area contributed by atoms with Gasteiger partial charge in [0.15, 0.2) is 10.9 Å². The standard InChI is InChI=1S/C21H31N5O2S/c1-5-9-25(4)19-14-16(6-2)22-21(23-19)29-15-17-7-8-18(28-17)20(27)26-12-10-24(3)11-13-26/h7-8,14H,5-6,9-13,15H2,1-4H3. The fraction of sp³-hybridized carbons (Fsp3) is 0.571. The highest BCUT2D eigenvalue weighted by Crippen LogP contribution is 2.24. The molecule has 8 heteroatoms. The van der Waals surface area contributed by atoms with Crippen LogP contribution in [0.5, 0.6) is 0 Å². The van der Waals surface area contributed by atoms with Gasteiger partial charge < -0.3 is 19.1 Å². The minimum absolute atomic E-state index is 0.0259. The van der Waals surface area contributed by atoms with Crippen molar-refractivity contribution in [3.8, 4) is 0 Å². The predicted octanol–water partition coefficient (Wildman–Crippen LogP) is 3.16. The Morgan fingerprint density at radius 2 is 1.97 bits per heavy atom. The Hall–Kier alpha value is -2.06. The number of furan rings is 1. The molecule has 0 aliphatic carbocycles. The van der Waals surface area contributed by atoms with E-state index in [2.05, 4.69) is 48.8 Å². The summed E-state index contributed by atoms with van der Waals surface area (Å²) in [6.07, 6.45) is 1.94. The number of carbonyl (C=O) groups excluding carboxylic acids is 1. The zero-order valence-electron chi connectivity index (χ0n) is 17.8. The fourth-order valence-corrected chi connectivity index (χ4v) is 3.99. The van der Waals surface area contributed by atoms with E-state index in [4.69, 9.17) is 9.40 Å². The number of anilines is 1. The van der Waals surface area contributed by atoms with Crippen molar-refractivity contribution in [1.29, 1.82) is 0 Å². The topological polar surface area (TPSA) is 65.7 Å². The zero-order chi connectivity index (χ0) is 20.8. The van der Waals surface area contributed by atoms with E-state index in [-0.39, 0.29) is 5.91 Å². The van der Waals surface area contributed by atoms with Crippen molar-refractivity contribution in [2.45, 2.75) is 37.6 Å². The molecule has 29 heavy (non-hydrogen) atoms. The van der Waals surface area contributed by atoms with Crippen molar-refractivity contribution >= 4 is 23.5 Å². The highest BCUT2D eigenvalue weighted by Gasteiger charge is 2.23. The largest absolute Gasteiger partial charge is 0.455 e. The average Bonchev–Trinajstić information content (AvgIpc) is 3.21. The Labute approximate surface area is 177 Å². The average molecular weight is 418 g/mol. The Bertz CT molecular complexity index is 817. The summed E-state index contributed by atoms with van der Waals surface area (Å²) in [5.41, 5.74) is 1.03. The second-order valence-corrected chi connectivity index (χ2v) is 8.37. The maximum Gasteiger partial charge on any atom is 0.289 e. The Kier molecular flexibility index (Phi) is 7.55. The molecule has 1 fully saturated rings. The van der Waals surface area contributed by atoms with Gasteiger partial charge in [-0.15, -0.1) is 0 Å². The minimum Gasteiger partial charge on any atom is -0.455 e. The SMILES string of the molecule is CCCN(C)c1cc(CC)nc(SCc2ccc(C(=O)N3CCN(C)CC3)o2)n1. The molecular formula is C21H31N5O2S. The number of nitrogens with zero attached hydrogens (tertiary/aromatic N) is 5. The number of hydrogen-bond acceptors (Lipinski definition) is 7. The molecule has 0 N–H and O–H groups in total. The molecule has 1 saturated heterocycles. The molecule has 0 aromatic carbocycles. The van der Waals surface area contributed by atoms with Crippen LogP contribution in [-0.2, 0) is 12.2 Å². The van der Waals surface area contributed by atoms with Crippen LogP contribution in [0.25, 0.3) is 0 Å². The van der Waals surface area contributed by atoms with Crippen LogP contribution < -0.4 is 4.90 Å². The first-order valence-corrected chi connectivity index (χ1v) is 11.3. The van der Waals surface area contributed by atoms with E-state index in [1.807, 2.05) is 11.0 Å². The molecule has 1 aliphatic rings. The van der Waals surface area contributed by atoms with Crippen molar-refractivity contribution in [1.82, 2.24) is 19.8 Å². The van der Waals surface area contributed by atoms with Crippen molar-refractivity contribution < 1.29 is 9.21 Å². The van der Waals surface area contributed by atoms with E-state index in [9.17, 15) is 4.79 Å². The summed E-state index contributed by atoms with van der Waals surface area (Å²) in [5.74, 6) is 2.70. The highest BCUT2D eigenvalue weighted by atomic mass is 32.2. The van der Waals surface area contributed by atoms with E-state index >= 15 is 0 Å². The second-order valence-electron chi connectivity index (χ2n) is 7.43. The van der Waals surface area contributed by atoms with Gasteiger partial charge >= 0.3 is 0 Å². The Morgan fingerprint density at radius 3 is 2.66 bits per heavy atom. The monoisotopic (exact) mass is 417 g/mol. The van der Waals surface area contributed by atoms with Crippen molar-refractivity contribution in [2.75, 3.05) is 51.7 Å². The molecule has 2 aromatic rings. The third kappa shape index (κ3) is 5.73. The van der Waals surface area contributed by atoms with Crippen LogP contribution in [0.4, 0.5) is 5.82 Å². The smallest absolute Gasteiger partial charge is 0.289 e. The number of piperazine rings is 1. The van der Waals surface area contributed by atoms with Crippen LogP contribution in [0.2, 0.25) is 0 Å². The quantitative estimate of drug-likeness (QED) is 0.483. The lowest BCUT2D eigenvalue weighted by molar-refractivity contribution is 0.0631. The molecule has 3 heterocycles. The number of carbonyl (C=O) groups is 1. The first-order chi connectivity index (χ1) is 14.0. The summed E-state index contributed by atoms with van der Waals surface area (Å²) < 4.78 is 5.83. The molecule has 0 spiro atoms. The number of likely N-dealkylation sites (N-methyl/N-ethyl adjacent to an activating group) is 1. The third-order valence-corrected chi connectivity index (χ3v) is 5.93. The van der Waals surface area contributed by atoms with Gasteiger partial charge in [-0.3, -0.25) is 4.79 Å². The molecule has 0 radical (unpaired) electrons. The van der Waals surface area contributed by atoms with Gasteiger partial charge in [0, 0.05) is 51.5 Å². The molecule has 0 saturated carbocycles. The molecule has 2 aromatic heterocycles. The molecule has 1 amide bonds. The first-order valence-electron chi connectivity index (χ1n) is 10.3. The van der Waals surface area contributed by atoms with Crippen LogP contribution in [0.15, 0.2) is 27.8 Å². The number of aromatic nitrogens is 2. The maximum absolute atomic E-state index is 12.6. The van der Waals surface area contributed by atoms with Crippen molar-refractivity contribution in [2.24, 2.45) is 0 Å². The summed E-state index contributed by atoms with van der Waals surface area (Å²) in [5, 5.41) is 0.741. The molecule has 158 valence electrons. The Morgan fingerprint density at radius 1 is 1.21 bits per heavy atom. The number of aryl methyl sites for hydroxylation is 1. The second kappa shape index (κ2) is 10.1. The molecule has 3 rings (SSSR count). The number of rotatable bonds is 8. The lowest BCUT2D eigenvalue weighted by Gasteiger charge is -2.31. The normalized spacial score (nSPS) is 15.0. The summed E-state index contributed by atoms with van der Waals surface area (Å²) in [6.45, 7) is 8.50. The van der Waals surface area contributed by atoms with Crippen LogP contribution in [-0.4, -0.2) is 72.5 Å². The van der Waals surface area contributed by atoms with Gasteiger partial charge in [0.1, 0.15) is 11.6 Å². The molecule has 7 nitrogen and oxygen atoms in total. The van der Waals surface area contributed by atoms with Gasteiger partial charge in [-0.25, -0.2) is 9.97 Å². The summed E-state index contributed by atoms with van der Waals surface area (Å²) in [6, 6.07) is 5.71. The van der Waals surface area contributed by atoms with Gasteiger partial charge in [-0.05, 0) is 32.0 Å². The van der Waals surface area contributed by atoms with Gasteiger partial charge in [0.25, 0.3) is 5.91 Å². The molecule has 0 bridgehead atoms. The van der Waals surface area contributed by atoms with Crippen LogP contribution in [0, 0.1) is 0 Å². The summed E-state index contributed by atoms with van der Waals surface area (Å²) >= 11 is 1.54. The van der Waals surface area contributed by atoms with E-state index in [1.54, 1.807) is 6.07 Å². The van der Waals surface area contributed by atoms with E-state index < -0.39 is 0 Å². The van der Waals surface area contributed by atoms with E-state index in [0.29, 0.717) is 11.5 Å². The third-order valence-electron chi connectivity index (χ3n) is 5.06. The van der Waals surface area contributed by atoms with Crippen molar-refractivity contribution in [3.05, 3.63) is 35.4 Å². The lowest BCUT2D eigenvalue weighted by atomic mass is 10.3. The van der Waals surface area contributed by atoms with Gasteiger partial charge in [0.2, 0.25) is 0 Å². The molecular weight excluding hydrogens is 386 g/mol. The molecule has 0 unspecified atom stereocenters. The highest BCUT2D eigenvalue weighted by molar-refractivity contribution is 7.98. The Balaban J connectivity index is 1.63. The van der Waals surface area contributed by atoms with Gasteiger partial charge in [-0.2, -0.15) is 0 Å². The van der Waals surface area contributed by atoms with Gasteiger partial charge in [0.05, 0.1) is 5.75 Å². The van der Waals surface area contributed by atoms with E-state index in [0.717, 1.165) is 68.0 Å². The van der Waals surface area contributed by atoms with E-state index in [1.165, 1.54) is 11.8 Å². The van der Waals surface area contributed by atoms with Crippen molar-refractivity contribution in [3.63, 3.8) is 0 Å². The van der Waals surface area contributed by atoms with Crippen LogP contribution >= 0.6 is 11.8 Å². The summed E-state index contributed by atoms with van der Waals surface area (Å²) in [4.78, 5) is 28.2. The number of thioether (sulfide) groups is 1. The fourth-order valence-electron chi connectivity index (χ4n) is 3.22. The minimum atomic E-state index is -0.0259. The number of amides is 1. The molecule has 0 atom stereocenters. The van der Waals surface area contributed by atoms with Crippen LogP contribution in [0.3, 0.4) is 0 Å². The maximum atomic E-state index is 12.6. The van der Waals surface area contributed by atoms with Crippen LogP contribution in [0.1, 0.15) is 42.3 Å². The zero-order valence-corrected chi connectivity index (χ0v) is 18.7. The van der Waals surface area contributed by atoms with Gasteiger partial charge in [-0.1, -0.05) is 25.6 Å². The predicted molar refractivity (Wildman–Crippen MR) is 117 cm³/mol. The summed E-state index contributed by atoms with van der Waals surface area (Å²) in [7, 11) is 4.13. The molecule has 1 aliphatic heterocycles.